The fraction of sp³-hybridized carbons (Fsp3) is 0.350. The highest BCUT2D eigenvalue weighted by atomic mass is 32.1. The Morgan fingerprint density at radius 1 is 1.19 bits per heavy atom. The number of carbonyl (C=O) groups is 3. The van der Waals surface area contributed by atoms with Crippen LogP contribution in [-0.4, -0.2) is 48.2 Å². The van der Waals surface area contributed by atoms with Crippen molar-refractivity contribution in [2.24, 2.45) is 5.16 Å². The number of nitrogens with one attached hydrogen (secondary N) is 2. The summed E-state index contributed by atoms with van der Waals surface area (Å²) >= 11 is 1.04. The van der Waals surface area contributed by atoms with E-state index in [1.807, 2.05) is 0 Å². The van der Waals surface area contributed by atoms with Gasteiger partial charge in [0.05, 0.1) is 13.0 Å². The number of carbonyl (C=O) groups excluding carboxylic acids is 3. The molecule has 1 unspecified atom stereocenters. The van der Waals surface area contributed by atoms with Crippen LogP contribution in [0.1, 0.15) is 31.5 Å². The molecule has 172 valence electrons. The molecule has 2 amide bonds. The van der Waals surface area contributed by atoms with Gasteiger partial charge in [0.1, 0.15) is 30.5 Å². The SMILES string of the molecule is CCOC(=O)/C(=N\OC)c1csc(NC(=O)C(CC)NC(=O)Cc2cc(F)cc(F)c2)n1. The Labute approximate surface area is 186 Å². The molecule has 0 saturated carbocycles. The molecule has 1 aromatic carbocycles. The van der Waals surface area contributed by atoms with E-state index in [1.54, 1.807) is 13.8 Å². The largest absolute Gasteiger partial charge is 0.461 e. The number of amides is 2. The van der Waals surface area contributed by atoms with Gasteiger partial charge in [-0.3, -0.25) is 9.59 Å². The molecule has 0 aliphatic rings. The number of oxime groups is 1. The third-order valence-electron chi connectivity index (χ3n) is 3.98. The van der Waals surface area contributed by atoms with Crippen LogP contribution in [0.5, 0.6) is 0 Å². The van der Waals surface area contributed by atoms with E-state index in [-0.39, 0.29) is 41.5 Å². The van der Waals surface area contributed by atoms with Crippen LogP contribution >= 0.6 is 11.3 Å². The first-order valence-electron chi connectivity index (χ1n) is 9.56. The number of thiazole rings is 1. The molecular weight excluding hydrogens is 446 g/mol. The maximum atomic E-state index is 13.3. The second kappa shape index (κ2) is 11.8. The summed E-state index contributed by atoms with van der Waals surface area (Å²) in [6, 6.07) is 1.88. The smallest absolute Gasteiger partial charge is 0.362 e. The van der Waals surface area contributed by atoms with Gasteiger partial charge in [-0.25, -0.2) is 18.6 Å². The number of rotatable bonds is 10. The topological polar surface area (TPSA) is 119 Å². The van der Waals surface area contributed by atoms with Gasteiger partial charge in [0.2, 0.25) is 17.5 Å². The summed E-state index contributed by atoms with van der Waals surface area (Å²) in [7, 11) is 1.26. The zero-order valence-electron chi connectivity index (χ0n) is 17.6. The molecule has 2 rings (SSSR count). The fourth-order valence-corrected chi connectivity index (χ4v) is 3.31. The van der Waals surface area contributed by atoms with Gasteiger partial charge in [0, 0.05) is 11.4 Å². The van der Waals surface area contributed by atoms with E-state index in [9.17, 15) is 23.2 Å². The summed E-state index contributed by atoms with van der Waals surface area (Å²) in [5, 5.41) is 10.3. The third-order valence-corrected chi connectivity index (χ3v) is 4.73. The molecule has 12 heteroatoms. The number of benzene rings is 1. The van der Waals surface area contributed by atoms with Gasteiger partial charge in [-0.1, -0.05) is 12.1 Å². The number of ether oxygens (including phenoxy) is 1. The molecule has 0 aliphatic carbocycles. The molecule has 0 aliphatic heterocycles. The Balaban J connectivity index is 2.03. The quantitative estimate of drug-likeness (QED) is 0.314. The fourth-order valence-electron chi connectivity index (χ4n) is 2.61. The number of esters is 1. The number of anilines is 1. The summed E-state index contributed by atoms with van der Waals surface area (Å²) in [5.74, 6) is -3.44. The van der Waals surface area contributed by atoms with Gasteiger partial charge in [-0.05, 0) is 31.0 Å². The van der Waals surface area contributed by atoms with Crippen molar-refractivity contribution in [1.29, 1.82) is 0 Å². The number of halogens is 2. The van der Waals surface area contributed by atoms with Crippen LogP contribution in [-0.2, 0) is 30.4 Å². The second-order valence-corrected chi connectivity index (χ2v) is 7.21. The Morgan fingerprint density at radius 3 is 2.47 bits per heavy atom. The van der Waals surface area contributed by atoms with Crippen molar-refractivity contribution in [3.8, 4) is 0 Å². The highest BCUT2D eigenvalue weighted by molar-refractivity contribution is 7.14. The molecular formula is C20H22F2N4O5S. The Hall–Kier alpha value is -3.41. The first-order valence-corrected chi connectivity index (χ1v) is 10.4. The maximum Gasteiger partial charge on any atom is 0.362 e. The Bertz CT molecular complexity index is 991. The molecule has 0 saturated heterocycles. The van der Waals surface area contributed by atoms with Crippen molar-refractivity contribution in [2.45, 2.75) is 32.7 Å². The molecule has 0 spiro atoms. The maximum absolute atomic E-state index is 13.3. The van der Waals surface area contributed by atoms with Crippen LogP contribution in [0.25, 0.3) is 0 Å². The van der Waals surface area contributed by atoms with Gasteiger partial charge in [0.25, 0.3) is 0 Å². The lowest BCUT2D eigenvalue weighted by Crippen LogP contribution is -2.44. The predicted octanol–water partition coefficient (Wildman–Crippen LogP) is 2.41. The summed E-state index contributed by atoms with van der Waals surface area (Å²) in [4.78, 5) is 45.6. The lowest BCUT2D eigenvalue weighted by Gasteiger charge is -2.16. The number of hydrogen-bond acceptors (Lipinski definition) is 8. The minimum Gasteiger partial charge on any atom is -0.461 e. The van der Waals surface area contributed by atoms with Crippen LogP contribution in [0.15, 0.2) is 28.7 Å². The van der Waals surface area contributed by atoms with E-state index in [0.29, 0.717) is 6.07 Å². The molecule has 9 nitrogen and oxygen atoms in total. The first kappa shape index (κ1) is 24.9. The van der Waals surface area contributed by atoms with Gasteiger partial charge in [-0.15, -0.1) is 11.3 Å². The summed E-state index contributed by atoms with van der Waals surface area (Å²) < 4.78 is 31.5. The third kappa shape index (κ3) is 7.08. The van der Waals surface area contributed by atoms with Crippen LogP contribution in [0, 0.1) is 11.6 Å². The van der Waals surface area contributed by atoms with Crippen molar-refractivity contribution >= 4 is 40.0 Å². The highest BCUT2D eigenvalue weighted by Gasteiger charge is 2.23. The van der Waals surface area contributed by atoms with E-state index in [0.717, 1.165) is 23.5 Å². The highest BCUT2D eigenvalue weighted by Crippen LogP contribution is 2.17. The predicted molar refractivity (Wildman–Crippen MR) is 113 cm³/mol. The van der Waals surface area contributed by atoms with E-state index in [1.165, 1.54) is 12.5 Å². The van der Waals surface area contributed by atoms with Crippen LogP contribution in [0.3, 0.4) is 0 Å². The number of aromatic nitrogens is 1. The standard InChI is InChI=1S/C20H22F2N4O5S/c1-4-14(23-16(27)8-11-6-12(21)9-13(22)7-11)18(28)25-20-24-15(10-32-20)17(26-30-3)19(29)31-5-2/h6-7,9-10,14H,4-5,8H2,1-3H3,(H,23,27)(H,24,25,28)/b26-17-. The van der Waals surface area contributed by atoms with Crippen molar-refractivity contribution in [3.05, 3.63) is 46.5 Å². The van der Waals surface area contributed by atoms with Crippen LogP contribution in [0.2, 0.25) is 0 Å². The second-order valence-electron chi connectivity index (χ2n) is 6.35. The molecule has 0 radical (unpaired) electrons. The molecule has 1 heterocycles. The summed E-state index contributed by atoms with van der Waals surface area (Å²) in [5.41, 5.74) is 0.133. The van der Waals surface area contributed by atoms with E-state index < -0.39 is 35.5 Å². The molecule has 2 N–H and O–H groups in total. The van der Waals surface area contributed by atoms with Crippen molar-refractivity contribution < 1.29 is 32.7 Å². The zero-order chi connectivity index (χ0) is 23.7. The summed E-state index contributed by atoms with van der Waals surface area (Å²) in [6.45, 7) is 3.46. The molecule has 0 bridgehead atoms. The van der Waals surface area contributed by atoms with Gasteiger partial charge < -0.3 is 20.2 Å². The molecule has 1 atom stereocenters. The Morgan fingerprint density at radius 2 is 1.88 bits per heavy atom. The van der Waals surface area contributed by atoms with E-state index in [2.05, 4.69) is 25.6 Å². The lowest BCUT2D eigenvalue weighted by atomic mass is 10.1. The molecule has 32 heavy (non-hydrogen) atoms. The molecule has 2 aromatic rings. The van der Waals surface area contributed by atoms with E-state index in [4.69, 9.17) is 4.74 Å². The van der Waals surface area contributed by atoms with Crippen molar-refractivity contribution in [3.63, 3.8) is 0 Å². The van der Waals surface area contributed by atoms with Crippen molar-refractivity contribution in [1.82, 2.24) is 10.3 Å². The van der Waals surface area contributed by atoms with Crippen LogP contribution < -0.4 is 10.6 Å². The minimum absolute atomic E-state index is 0.134. The normalized spacial score (nSPS) is 12.1. The van der Waals surface area contributed by atoms with Gasteiger partial charge in [0.15, 0.2) is 5.13 Å². The number of hydrogen-bond donors (Lipinski definition) is 2. The average Bonchev–Trinajstić information content (AvgIpc) is 3.17. The van der Waals surface area contributed by atoms with Crippen LogP contribution in [0.4, 0.5) is 13.9 Å². The lowest BCUT2D eigenvalue weighted by molar-refractivity contribution is -0.135. The van der Waals surface area contributed by atoms with Gasteiger partial charge in [-0.2, -0.15) is 0 Å². The van der Waals surface area contributed by atoms with Gasteiger partial charge >= 0.3 is 5.97 Å². The van der Waals surface area contributed by atoms with Crippen molar-refractivity contribution in [2.75, 3.05) is 19.0 Å². The molecule has 0 fully saturated rings. The Kier molecular flexibility index (Phi) is 9.20. The molecule has 1 aromatic heterocycles. The number of nitrogens with zero attached hydrogens (tertiary/aromatic N) is 2. The summed E-state index contributed by atoms with van der Waals surface area (Å²) in [6.07, 6.45) is -0.0389. The monoisotopic (exact) mass is 468 g/mol. The average molecular weight is 468 g/mol. The first-order chi connectivity index (χ1) is 15.3. The van der Waals surface area contributed by atoms with E-state index >= 15 is 0 Å². The minimum atomic E-state index is -0.912. The zero-order valence-corrected chi connectivity index (χ0v) is 18.4.